The van der Waals surface area contributed by atoms with E-state index in [0.29, 0.717) is 13.0 Å². The fraction of sp³-hybridized carbons (Fsp3) is 0.278. The van der Waals surface area contributed by atoms with Gasteiger partial charge < -0.3 is 4.90 Å². The molecule has 0 unspecified atom stereocenters. The Labute approximate surface area is 167 Å². The number of halogens is 3. The average Bonchev–Trinajstić information content (AvgIpc) is 2.90. The van der Waals surface area contributed by atoms with Crippen molar-refractivity contribution in [3.63, 3.8) is 0 Å². The Kier molecular flexibility index (Phi) is 6.05. The number of amides is 1. The number of benzene rings is 2. The van der Waals surface area contributed by atoms with Gasteiger partial charge in [-0.2, -0.15) is 4.31 Å². The van der Waals surface area contributed by atoms with Gasteiger partial charge in [-0.15, -0.1) is 0 Å². The smallest absolute Gasteiger partial charge is 0.256 e. The number of hydrogen-bond donors (Lipinski definition) is 0. The molecule has 0 bridgehead atoms. The number of sulfonamides is 1. The van der Waals surface area contributed by atoms with Crippen molar-refractivity contribution in [3.8, 4) is 0 Å². The van der Waals surface area contributed by atoms with E-state index < -0.39 is 21.7 Å². The second-order valence-corrected chi connectivity index (χ2v) is 8.86. The molecule has 0 saturated carbocycles. The zero-order chi connectivity index (χ0) is 19.6. The predicted molar refractivity (Wildman–Crippen MR) is 102 cm³/mol. The fourth-order valence-electron chi connectivity index (χ4n) is 2.93. The summed E-state index contributed by atoms with van der Waals surface area (Å²) >= 11 is 11.8. The molecule has 0 radical (unpaired) electrons. The van der Waals surface area contributed by atoms with E-state index in [1.54, 1.807) is 6.07 Å². The summed E-state index contributed by atoms with van der Waals surface area (Å²) in [5.41, 5.74) is -0.0155. The van der Waals surface area contributed by atoms with Gasteiger partial charge in [0.25, 0.3) is 5.91 Å². The molecule has 1 saturated heterocycles. The summed E-state index contributed by atoms with van der Waals surface area (Å²) in [5, 5.41) is 0.428. The van der Waals surface area contributed by atoms with E-state index in [2.05, 4.69) is 0 Å². The maximum absolute atomic E-state index is 13.9. The molecule has 2 aromatic carbocycles. The molecule has 0 aliphatic carbocycles. The monoisotopic (exact) mass is 430 g/mol. The van der Waals surface area contributed by atoms with Gasteiger partial charge >= 0.3 is 0 Å². The Morgan fingerprint density at radius 2 is 1.70 bits per heavy atom. The topological polar surface area (TPSA) is 57.7 Å². The minimum atomic E-state index is -3.77. The summed E-state index contributed by atoms with van der Waals surface area (Å²) < 4.78 is 40.9. The van der Waals surface area contributed by atoms with Crippen molar-refractivity contribution in [3.05, 3.63) is 63.9 Å². The van der Waals surface area contributed by atoms with Crippen LogP contribution in [0, 0.1) is 5.82 Å². The van der Waals surface area contributed by atoms with Crippen LogP contribution in [0.5, 0.6) is 0 Å². The molecular weight excluding hydrogens is 414 g/mol. The van der Waals surface area contributed by atoms with Crippen LogP contribution in [0.4, 0.5) is 4.39 Å². The van der Waals surface area contributed by atoms with Crippen LogP contribution in [0.2, 0.25) is 10.0 Å². The van der Waals surface area contributed by atoms with Crippen LogP contribution in [0.1, 0.15) is 16.8 Å². The van der Waals surface area contributed by atoms with E-state index in [4.69, 9.17) is 23.2 Å². The van der Waals surface area contributed by atoms with E-state index in [1.807, 2.05) is 0 Å². The normalized spacial score (nSPS) is 16.2. The van der Waals surface area contributed by atoms with Gasteiger partial charge in [-0.1, -0.05) is 35.3 Å². The molecule has 0 spiro atoms. The van der Waals surface area contributed by atoms with Gasteiger partial charge in [-0.05, 0) is 36.8 Å². The highest BCUT2D eigenvalue weighted by Crippen LogP contribution is 2.27. The Hall–Kier alpha value is -1.67. The lowest BCUT2D eigenvalue weighted by atomic mass is 10.2. The Balaban J connectivity index is 1.77. The van der Waals surface area contributed by atoms with Gasteiger partial charge in [-0.3, -0.25) is 4.79 Å². The van der Waals surface area contributed by atoms with Gasteiger partial charge in [0.2, 0.25) is 10.0 Å². The quantitative estimate of drug-likeness (QED) is 0.746. The lowest BCUT2D eigenvalue weighted by Crippen LogP contribution is -2.37. The molecule has 1 fully saturated rings. The van der Waals surface area contributed by atoms with Crippen molar-refractivity contribution in [1.29, 1.82) is 0 Å². The van der Waals surface area contributed by atoms with Crippen molar-refractivity contribution in [1.82, 2.24) is 9.21 Å². The number of nitrogens with zero attached hydrogens (tertiary/aromatic N) is 2. The predicted octanol–water partition coefficient (Wildman–Crippen LogP) is 3.67. The molecule has 27 heavy (non-hydrogen) atoms. The molecule has 0 N–H and O–H groups in total. The van der Waals surface area contributed by atoms with Crippen LogP contribution in [-0.4, -0.2) is 49.7 Å². The summed E-state index contributed by atoms with van der Waals surface area (Å²) in [6.07, 6.45) is 0.445. The summed E-state index contributed by atoms with van der Waals surface area (Å²) in [5.74, 6) is -1.03. The summed E-state index contributed by atoms with van der Waals surface area (Å²) in [6, 6.07) is 9.90. The van der Waals surface area contributed by atoms with Gasteiger partial charge in [0.1, 0.15) is 5.82 Å². The molecule has 144 valence electrons. The molecule has 1 aliphatic rings. The summed E-state index contributed by atoms with van der Waals surface area (Å²) in [4.78, 5) is 14.1. The first-order valence-corrected chi connectivity index (χ1v) is 10.5. The molecule has 3 rings (SSSR count). The molecule has 1 amide bonds. The Morgan fingerprint density at radius 3 is 2.41 bits per heavy atom. The molecule has 9 heteroatoms. The third-order valence-electron chi connectivity index (χ3n) is 4.38. The Morgan fingerprint density at radius 1 is 0.963 bits per heavy atom. The standard InChI is InChI=1S/C18H17Cl2FN2O3S/c19-15-7-6-13(12-16(15)20)27(25,26)23-9-3-8-22(10-11-23)18(24)14-4-1-2-5-17(14)21/h1-2,4-7,12H,3,8-11H2. The van der Waals surface area contributed by atoms with Crippen LogP contribution in [-0.2, 0) is 10.0 Å². The second kappa shape index (κ2) is 8.14. The van der Waals surface area contributed by atoms with Crippen LogP contribution >= 0.6 is 23.2 Å². The van der Waals surface area contributed by atoms with Crippen molar-refractivity contribution in [2.75, 3.05) is 26.2 Å². The first kappa shape index (κ1) is 20.1. The van der Waals surface area contributed by atoms with Crippen molar-refractivity contribution in [2.45, 2.75) is 11.3 Å². The minimum Gasteiger partial charge on any atom is -0.337 e. The first-order valence-electron chi connectivity index (χ1n) is 8.30. The lowest BCUT2D eigenvalue weighted by Gasteiger charge is -2.22. The number of carbonyl (C=O) groups is 1. The second-order valence-electron chi connectivity index (χ2n) is 6.11. The zero-order valence-corrected chi connectivity index (χ0v) is 16.6. The van der Waals surface area contributed by atoms with Gasteiger partial charge in [-0.25, -0.2) is 12.8 Å². The minimum absolute atomic E-state index is 0.0155. The fourth-order valence-corrected chi connectivity index (χ4v) is 4.79. The van der Waals surface area contributed by atoms with E-state index in [1.165, 1.54) is 45.6 Å². The lowest BCUT2D eigenvalue weighted by molar-refractivity contribution is 0.0759. The van der Waals surface area contributed by atoms with Crippen LogP contribution < -0.4 is 0 Å². The highest BCUT2D eigenvalue weighted by molar-refractivity contribution is 7.89. The maximum atomic E-state index is 13.9. The van der Waals surface area contributed by atoms with Crippen molar-refractivity contribution < 1.29 is 17.6 Å². The van der Waals surface area contributed by atoms with Gasteiger partial charge in [0.15, 0.2) is 0 Å². The van der Waals surface area contributed by atoms with E-state index in [0.717, 1.165) is 0 Å². The van der Waals surface area contributed by atoms with Gasteiger partial charge in [0, 0.05) is 26.2 Å². The molecule has 1 heterocycles. The van der Waals surface area contributed by atoms with Crippen molar-refractivity contribution >= 4 is 39.1 Å². The number of carbonyl (C=O) groups excluding carboxylic acids is 1. The van der Waals surface area contributed by atoms with Crippen LogP contribution in [0.25, 0.3) is 0 Å². The number of hydrogen-bond acceptors (Lipinski definition) is 3. The third kappa shape index (κ3) is 4.27. The van der Waals surface area contributed by atoms with Crippen molar-refractivity contribution in [2.24, 2.45) is 0 Å². The van der Waals surface area contributed by atoms with E-state index >= 15 is 0 Å². The molecule has 0 atom stereocenters. The number of rotatable bonds is 3. The summed E-state index contributed by atoms with van der Waals surface area (Å²) in [6.45, 7) is 0.890. The molecule has 1 aliphatic heterocycles. The largest absolute Gasteiger partial charge is 0.337 e. The van der Waals surface area contributed by atoms with E-state index in [-0.39, 0.29) is 40.1 Å². The molecule has 0 aromatic heterocycles. The third-order valence-corrected chi connectivity index (χ3v) is 7.01. The maximum Gasteiger partial charge on any atom is 0.256 e. The van der Waals surface area contributed by atoms with Crippen LogP contribution in [0.15, 0.2) is 47.4 Å². The zero-order valence-electron chi connectivity index (χ0n) is 14.2. The first-order chi connectivity index (χ1) is 12.8. The van der Waals surface area contributed by atoms with Crippen LogP contribution in [0.3, 0.4) is 0 Å². The van der Waals surface area contributed by atoms with E-state index in [9.17, 15) is 17.6 Å². The molecule has 2 aromatic rings. The average molecular weight is 431 g/mol. The SMILES string of the molecule is O=C(c1ccccc1F)N1CCCN(S(=O)(=O)c2ccc(Cl)c(Cl)c2)CC1. The summed E-state index contributed by atoms with van der Waals surface area (Å²) in [7, 11) is -3.77. The highest BCUT2D eigenvalue weighted by Gasteiger charge is 2.29. The van der Waals surface area contributed by atoms with Gasteiger partial charge in [0.05, 0.1) is 20.5 Å². The highest BCUT2D eigenvalue weighted by atomic mass is 35.5. The molecule has 5 nitrogen and oxygen atoms in total. The Bertz CT molecular complexity index is 969. The molecular formula is C18H17Cl2FN2O3S.